The summed E-state index contributed by atoms with van der Waals surface area (Å²) in [5, 5.41) is 2.89. The number of ether oxygens (including phenoxy) is 1. The predicted octanol–water partition coefficient (Wildman–Crippen LogP) is 1.83. The fourth-order valence-corrected chi connectivity index (χ4v) is 0.876. The van der Waals surface area contributed by atoms with Gasteiger partial charge in [-0.15, -0.1) is 0 Å². The van der Waals surface area contributed by atoms with E-state index in [9.17, 15) is 4.79 Å². The maximum absolute atomic E-state index is 11.1. The first kappa shape index (κ1) is 12.7. The monoisotopic (exact) mass is 249 g/mol. The topological polar surface area (TPSA) is 38.3 Å². The highest BCUT2D eigenvalue weighted by Gasteiger charge is 2.15. The first-order valence-corrected chi connectivity index (χ1v) is 4.86. The molecule has 0 atom stereocenters. The Morgan fingerprint density at radius 1 is 1.46 bits per heavy atom. The largest absolute Gasteiger partial charge is 0.459 e. The number of halogens is 1. The molecule has 0 unspecified atom stereocenters. The number of esters is 1. The van der Waals surface area contributed by atoms with Crippen molar-refractivity contribution in [2.75, 3.05) is 13.1 Å². The fourth-order valence-electron chi connectivity index (χ4n) is 0.678. The first-order valence-electron chi connectivity index (χ1n) is 4.07. The Bertz CT molecular complexity index is 196. The van der Waals surface area contributed by atoms with E-state index in [1.54, 1.807) is 0 Å². The summed E-state index contributed by atoms with van der Waals surface area (Å²) < 4.78 is 5.89. The smallest absolute Gasteiger partial charge is 0.320 e. The normalized spacial score (nSPS) is 11.1. The van der Waals surface area contributed by atoms with Gasteiger partial charge >= 0.3 is 5.97 Å². The molecule has 0 bridgehead atoms. The van der Waals surface area contributed by atoms with Crippen LogP contribution in [0.25, 0.3) is 0 Å². The third-order valence-corrected chi connectivity index (χ3v) is 1.29. The van der Waals surface area contributed by atoms with Crippen LogP contribution < -0.4 is 5.32 Å². The van der Waals surface area contributed by atoms with Gasteiger partial charge in [0.2, 0.25) is 0 Å². The molecular weight excluding hydrogens is 234 g/mol. The molecule has 3 nitrogen and oxygen atoms in total. The summed E-state index contributed by atoms with van der Waals surface area (Å²) in [4.78, 5) is 11.1. The summed E-state index contributed by atoms with van der Waals surface area (Å²) in [6.45, 7) is 9.93. The Morgan fingerprint density at radius 3 is 2.38 bits per heavy atom. The molecule has 0 heterocycles. The van der Waals surface area contributed by atoms with Gasteiger partial charge in [-0.2, -0.15) is 0 Å². The van der Waals surface area contributed by atoms with E-state index in [1.807, 2.05) is 20.8 Å². The van der Waals surface area contributed by atoms with Gasteiger partial charge in [0, 0.05) is 11.0 Å². The van der Waals surface area contributed by atoms with Crippen molar-refractivity contribution in [3.63, 3.8) is 0 Å². The average Bonchev–Trinajstić information content (AvgIpc) is 1.81. The van der Waals surface area contributed by atoms with Crippen molar-refractivity contribution in [2.45, 2.75) is 26.4 Å². The van der Waals surface area contributed by atoms with Gasteiger partial charge in [-0.1, -0.05) is 22.5 Å². The van der Waals surface area contributed by atoms with Gasteiger partial charge in [-0.25, -0.2) is 0 Å². The van der Waals surface area contributed by atoms with Crippen LogP contribution in [0.3, 0.4) is 0 Å². The molecule has 13 heavy (non-hydrogen) atoms. The molecule has 76 valence electrons. The standard InChI is InChI=1S/C9H16BrNO2/c1-7(10)5-11-6-8(12)13-9(2,3)4/h11H,1,5-6H2,2-4H3. The summed E-state index contributed by atoms with van der Waals surface area (Å²) in [7, 11) is 0. The molecule has 0 fully saturated rings. The molecular formula is C9H16BrNO2. The highest BCUT2D eigenvalue weighted by Crippen LogP contribution is 2.06. The van der Waals surface area contributed by atoms with Crippen LogP contribution in [0, 0.1) is 0 Å². The van der Waals surface area contributed by atoms with Crippen molar-refractivity contribution in [3.05, 3.63) is 11.1 Å². The average molecular weight is 250 g/mol. The molecule has 0 amide bonds. The second-order valence-corrected chi connectivity index (χ2v) is 4.83. The lowest BCUT2D eigenvalue weighted by Gasteiger charge is -2.19. The van der Waals surface area contributed by atoms with Crippen molar-refractivity contribution >= 4 is 21.9 Å². The van der Waals surface area contributed by atoms with Crippen LogP contribution in [0.2, 0.25) is 0 Å². The van der Waals surface area contributed by atoms with E-state index in [-0.39, 0.29) is 12.5 Å². The summed E-state index contributed by atoms with van der Waals surface area (Å²) in [5.41, 5.74) is -0.413. The Kier molecular flexibility index (Phi) is 5.25. The van der Waals surface area contributed by atoms with Gasteiger partial charge in [0.05, 0.1) is 6.54 Å². The van der Waals surface area contributed by atoms with Crippen LogP contribution in [0.1, 0.15) is 20.8 Å². The van der Waals surface area contributed by atoms with Gasteiger partial charge in [-0.05, 0) is 20.8 Å². The molecule has 0 aromatic heterocycles. The lowest BCUT2D eigenvalue weighted by Crippen LogP contribution is -2.31. The summed E-state index contributed by atoms with van der Waals surface area (Å²) in [6.07, 6.45) is 0. The second-order valence-electron chi connectivity index (χ2n) is 3.71. The molecule has 0 aromatic rings. The second kappa shape index (κ2) is 5.40. The molecule has 0 saturated carbocycles. The molecule has 0 aliphatic rings. The zero-order valence-electron chi connectivity index (χ0n) is 8.32. The Morgan fingerprint density at radius 2 is 2.00 bits per heavy atom. The van der Waals surface area contributed by atoms with E-state index < -0.39 is 5.60 Å². The predicted molar refractivity (Wildman–Crippen MR) is 56.8 cm³/mol. The summed E-state index contributed by atoms with van der Waals surface area (Å²) in [5.74, 6) is -0.249. The molecule has 4 heteroatoms. The van der Waals surface area contributed by atoms with Crippen molar-refractivity contribution < 1.29 is 9.53 Å². The molecule has 0 radical (unpaired) electrons. The Balaban J connectivity index is 3.59. The minimum absolute atomic E-state index is 0.210. The third-order valence-electron chi connectivity index (χ3n) is 1.01. The van der Waals surface area contributed by atoms with Gasteiger partial charge < -0.3 is 10.1 Å². The molecule has 0 rings (SSSR count). The van der Waals surface area contributed by atoms with Crippen LogP contribution in [0.4, 0.5) is 0 Å². The van der Waals surface area contributed by atoms with Gasteiger partial charge in [-0.3, -0.25) is 4.79 Å². The summed E-state index contributed by atoms with van der Waals surface area (Å²) >= 11 is 3.18. The minimum Gasteiger partial charge on any atom is -0.459 e. The Hall–Kier alpha value is -0.350. The van der Waals surface area contributed by atoms with Gasteiger partial charge in [0.25, 0.3) is 0 Å². The van der Waals surface area contributed by atoms with Crippen molar-refractivity contribution in [1.29, 1.82) is 0 Å². The van der Waals surface area contributed by atoms with E-state index in [0.717, 1.165) is 4.48 Å². The Labute approximate surface area is 87.7 Å². The number of hydrogen-bond donors (Lipinski definition) is 1. The van der Waals surface area contributed by atoms with Crippen LogP contribution in [0.5, 0.6) is 0 Å². The molecule has 1 N–H and O–H groups in total. The number of nitrogens with one attached hydrogen (secondary N) is 1. The minimum atomic E-state index is -0.413. The molecule has 0 aliphatic carbocycles. The van der Waals surface area contributed by atoms with Crippen molar-refractivity contribution in [1.82, 2.24) is 5.32 Å². The van der Waals surface area contributed by atoms with E-state index in [4.69, 9.17) is 4.74 Å². The zero-order chi connectivity index (χ0) is 10.5. The van der Waals surface area contributed by atoms with Crippen LogP contribution in [-0.2, 0) is 9.53 Å². The van der Waals surface area contributed by atoms with E-state index >= 15 is 0 Å². The third kappa shape index (κ3) is 9.56. The molecule has 0 aliphatic heterocycles. The molecule has 0 spiro atoms. The molecule has 0 saturated heterocycles. The molecule has 0 aromatic carbocycles. The maximum Gasteiger partial charge on any atom is 0.320 e. The number of rotatable bonds is 4. The lowest BCUT2D eigenvalue weighted by molar-refractivity contribution is -0.153. The first-order chi connectivity index (χ1) is 5.81. The zero-order valence-corrected chi connectivity index (χ0v) is 9.90. The summed E-state index contributed by atoms with van der Waals surface area (Å²) in [6, 6.07) is 0. The van der Waals surface area contributed by atoms with Crippen molar-refractivity contribution in [2.24, 2.45) is 0 Å². The van der Waals surface area contributed by atoms with E-state index in [1.165, 1.54) is 0 Å². The highest BCUT2D eigenvalue weighted by molar-refractivity contribution is 9.11. The number of carbonyl (C=O) groups is 1. The van der Waals surface area contributed by atoms with E-state index in [2.05, 4.69) is 27.8 Å². The number of carbonyl (C=O) groups excluding carboxylic acids is 1. The fraction of sp³-hybridized carbons (Fsp3) is 0.667. The number of hydrogen-bond acceptors (Lipinski definition) is 3. The van der Waals surface area contributed by atoms with Crippen LogP contribution in [-0.4, -0.2) is 24.7 Å². The maximum atomic E-state index is 11.1. The SMILES string of the molecule is C=C(Br)CNCC(=O)OC(C)(C)C. The quantitative estimate of drug-likeness (QED) is 0.773. The van der Waals surface area contributed by atoms with Gasteiger partial charge in [0.1, 0.15) is 5.60 Å². The highest BCUT2D eigenvalue weighted by atomic mass is 79.9. The lowest BCUT2D eigenvalue weighted by atomic mass is 10.2. The van der Waals surface area contributed by atoms with Gasteiger partial charge in [0.15, 0.2) is 0 Å². The van der Waals surface area contributed by atoms with Crippen LogP contribution in [0.15, 0.2) is 11.1 Å². The van der Waals surface area contributed by atoms with E-state index in [0.29, 0.717) is 6.54 Å². The van der Waals surface area contributed by atoms with Crippen molar-refractivity contribution in [3.8, 4) is 0 Å². The van der Waals surface area contributed by atoms with Crippen LogP contribution >= 0.6 is 15.9 Å².